The van der Waals surface area contributed by atoms with E-state index in [1.807, 2.05) is 0 Å². The quantitative estimate of drug-likeness (QED) is 0.359. The average molecular weight is 550 g/mol. The first-order valence-corrected chi connectivity index (χ1v) is 14.0. The van der Waals surface area contributed by atoms with Crippen LogP contribution in [0, 0.1) is 0 Å². The number of nitrogens with one attached hydrogen (secondary N) is 1. The predicted octanol–water partition coefficient (Wildman–Crippen LogP) is 4.26. The molecule has 0 atom stereocenters. The monoisotopic (exact) mass is 549 g/mol. The van der Waals surface area contributed by atoms with Crippen molar-refractivity contribution >= 4 is 44.4 Å². The predicted molar refractivity (Wildman–Crippen MR) is 145 cm³/mol. The van der Waals surface area contributed by atoms with E-state index in [1.165, 1.54) is 40.5 Å². The van der Waals surface area contributed by atoms with Gasteiger partial charge in [0.1, 0.15) is 11.5 Å². The molecule has 1 aromatic heterocycles. The lowest BCUT2D eigenvalue weighted by atomic mass is 10.0. The number of aromatic hydroxyl groups is 1. The molecule has 6 rings (SSSR count). The Morgan fingerprint density at radius 1 is 1.03 bits per heavy atom. The summed E-state index contributed by atoms with van der Waals surface area (Å²) in [5.41, 5.74) is 1.92. The summed E-state index contributed by atoms with van der Waals surface area (Å²) in [5, 5.41) is 15.0. The Balaban J connectivity index is 1.40. The zero-order valence-electron chi connectivity index (χ0n) is 20.2. The van der Waals surface area contributed by atoms with Crippen molar-refractivity contribution in [3.63, 3.8) is 0 Å². The van der Waals surface area contributed by atoms with Crippen LogP contribution in [-0.4, -0.2) is 54.4 Å². The lowest BCUT2D eigenvalue weighted by molar-refractivity contribution is 0.101. The van der Waals surface area contributed by atoms with Crippen LogP contribution >= 0.6 is 11.6 Å². The van der Waals surface area contributed by atoms with Crippen molar-refractivity contribution in [2.75, 3.05) is 26.2 Å². The molecule has 8 nitrogen and oxygen atoms in total. The van der Waals surface area contributed by atoms with Crippen molar-refractivity contribution < 1.29 is 23.1 Å². The Hall–Kier alpha value is -3.63. The van der Waals surface area contributed by atoms with Gasteiger partial charge in [0.25, 0.3) is 10.0 Å². The topological polar surface area (TPSA) is 101 Å². The number of halogens is 1. The second kappa shape index (κ2) is 9.59. The first-order valence-electron chi connectivity index (χ1n) is 12.2. The minimum absolute atomic E-state index is 0.0685. The fourth-order valence-electron chi connectivity index (χ4n) is 4.89. The van der Waals surface area contributed by atoms with Gasteiger partial charge in [-0.15, -0.1) is 0 Å². The molecule has 1 fully saturated rings. The number of carbonyl (C=O) groups excluding carboxylic acids is 1. The molecule has 0 amide bonds. The molecular weight excluding hydrogens is 526 g/mol. The molecule has 0 bridgehead atoms. The molecule has 4 aromatic rings. The molecule has 1 saturated heterocycles. The van der Waals surface area contributed by atoms with Gasteiger partial charge in [-0.1, -0.05) is 29.8 Å². The Morgan fingerprint density at radius 3 is 2.53 bits per heavy atom. The number of hydrogen-bond donors (Lipinski definition) is 2. The number of aromatic nitrogens is 1. The van der Waals surface area contributed by atoms with Crippen molar-refractivity contribution in [2.24, 2.45) is 0 Å². The van der Waals surface area contributed by atoms with Crippen molar-refractivity contribution in [1.82, 2.24) is 14.2 Å². The lowest BCUT2D eigenvalue weighted by Crippen LogP contribution is -2.42. The lowest BCUT2D eigenvalue weighted by Gasteiger charge is -2.27. The minimum atomic E-state index is -3.93. The fraction of sp³-hybridized carbons (Fsp3) is 0.179. The Kier molecular flexibility index (Phi) is 6.23. The maximum Gasteiger partial charge on any atom is 0.268 e. The van der Waals surface area contributed by atoms with Gasteiger partial charge in [-0.3, -0.25) is 9.69 Å². The summed E-state index contributed by atoms with van der Waals surface area (Å²) < 4.78 is 34.2. The zero-order chi connectivity index (χ0) is 26.4. The number of para-hydroxylation sites is 1. The summed E-state index contributed by atoms with van der Waals surface area (Å²) in [6.45, 7) is 3.80. The van der Waals surface area contributed by atoms with Crippen LogP contribution in [0.25, 0.3) is 17.0 Å². The smallest absolute Gasteiger partial charge is 0.268 e. The van der Waals surface area contributed by atoms with Gasteiger partial charge in [0.15, 0.2) is 5.76 Å². The molecule has 0 saturated carbocycles. The molecular formula is C28H24ClN3O5S. The summed E-state index contributed by atoms with van der Waals surface area (Å²) in [4.78, 5) is 15.6. The SMILES string of the molecule is O=C1C(=Cc2cn(S(=O)(=O)c3ccc(Cl)cc3)c3ccccc23)Oc2c1ccc(O)c2CN1CCNCC1. The Labute approximate surface area is 224 Å². The number of hydrogen-bond acceptors (Lipinski definition) is 7. The van der Waals surface area contributed by atoms with Gasteiger partial charge in [0.2, 0.25) is 5.78 Å². The molecule has 0 aliphatic carbocycles. The number of phenolic OH excluding ortho intramolecular Hbond substituents is 1. The van der Waals surface area contributed by atoms with Crippen LogP contribution in [0.3, 0.4) is 0 Å². The number of rotatable bonds is 5. The standard InChI is InChI=1S/C28H24ClN3O5S/c29-19-5-7-20(8-6-19)38(35,36)32-16-18(21-3-1-2-4-24(21)32)15-26-27(34)22-9-10-25(33)23(28(22)37-26)17-31-13-11-30-12-14-31/h1-10,15-16,30,33H,11-14,17H2. The van der Waals surface area contributed by atoms with Gasteiger partial charge >= 0.3 is 0 Å². The molecule has 194 valence electrons. The van der Waals surface area contributed by atoms with E-state index in [1.54, 1.807) is 36.4 Å². The van der Waals surface area contributed by atoms with Crippen LogP contribution in [0.1, 0.15) is 21.5 Å². The van der Waals surface area contributed by atoms with Crippen molar-refractivity contribution in [3.8, 4) is 11.5 Å². The van der Waals surface area contributed by atoms with E-state index >= 15 is 0 Å². The molecule has 2 aliphatic heterocycles. The fourth-order valence-corrected chi connectivity index (χ4v) is 6.40. The van der Waals surface area contributed by atoms with Crippen LogP contribution in [-0.2, 0) is 16.6 Å². The highest BCUT2D eigenvalue weighted by Gasteiger charge is 2.32. The number of nitrogens with zero attached hydrogens (tertiary/aromatic N) is 2. The third-order valence-electron chi connectivity index (χ3n) is 6.87. The van der Waals surface area contributed by atoms with Crippen LogP contribution in [0.15, 0.2) is 77.5 Å². The Bertz CT molecular complexity index is 1700. The number of phenols is 1. The van der Waals surface area contributed by atoms with E-state index < -0.39 is 10.0 Å². The Morgan fingerprint density at radius 2 is 1.76 bits per heavy atom. The van der Waals surface area contributed by atoms with Crippen LogP contribution in [0.2, 0.25) is 5.02 Å². The molecule has 0 spiro atoms. The minimum Gasteiger partial charge on any atom is -0.507 e. The molecule has 0 radical (unpaired) electrons. The number of ketones is 1. The van der Waals surface area contributed by atoms with Crippen LogP contribution in [0.4, 0.5) is 0 Å². The van der Waals surface area contributed by atoms with Gasteiger partial charge in [-0.05, 0) is 48.5 Å². The number of Topliss-reactive ketones (excluding diaryl/α,β-unsaturated/α-hetero) is 1. The van der Waals surface area contributed by atoms with E-state index in [0.29, 0.717) is 44.9 Å². The van der Waals surface area contributed by atoms with E-state index in [2.05, 4.69) is 10.2 Å². The number of ether oxygens (including phenoxy) is 1. The largest absolute Gasteiger partial charge is 0.507 e. The van der Waals surface area contributed by atoms with Gasteiger partial charge < -0.3 is 15.2 Å². The summed E-state index contributed by atoms with van der Waals surface area (Å²) in [7, 11) is -3.93. The third kappa shape index (κ3) is 4.27. The highest BCUT2D eigenvalue weighted by molar-refractivity contribution is 7.90. The third-order valence-corrected chi connectivity index (χ3v) is 8.81. The molecule has 10 heteroatoms. The first-order chi connectivity index (χ1) is 18.3. The molecule has 3 heterocycles. The van der Waals surface area contributed by atoms with Crippen LogP contribution in [0.5, 0.6) is 11.5 Å². The van der Waals surface area contributed by atoms with Crippen molar-refractivity contribution in [1.29, 1.82) is 0 Å². The van der Waals surface area contributed by atoms with Gasteiger partial charge in [-0.2, -0.15) is 0 Å². The van der Waals surface area contributed by atoms with Gasteiger partial charge in [0, 0.05) is 54.9 Å². The number of carbonyl (C=O) groups is 1. The van der Waals surface area contributed by atoms with E-state index in [-0.39, 0.29) is 22.2 Å². The first kappa shape index (κ1) is 24.7. The van der Waals surface area contributed by atoms with Crippen molar-refractivity contribution in [3.05, 3.63) is 94.3 Å². The van der Waals surface area contributed by atoms with Gasteiger partial charge in [-0.25, -0.2) is 12.4 Å². The molecule has 2 N–H and O–H groups in total. The normalized spacial score (nSPS) is 17.2. The van der Waals surface area contributed by atoms with E-state index in [4.69, 9.17) is 16.3 Å². The maximum absolute atomic E-state index is 13.5. The number of fused-ring (bicyclic) bond motifs is 2. The summed E-state index contributed by atoms with van der Waals surface area (Å²) in [6, 6.07) is 16.1. The maximum atomic E-state index is 13.5. The second-order valence-corrected chi connectivity index (χ2v) is 11.5. The van der Waals surface area contributed by atoms with E-state index in [9.17, 15) is 18.3 Å². The van der Waals surface area contributed by atoms with Gasteiger partial charge in [0.05, 0.1) is 21.5 Å². The number of piperazine rings is 1. The average Bonchev–Trinajstić information content (AvgIpc) is 3.45. The zero-order valence-corrected chi connectivity index (χ0v) is 21.8. The summed E-state index contributed by atoms with van der Waals surface area (Å²) in [6.07, 6.45) is 3.05. The van der Waals surface area contributed by atoms with E-state index in [0.717, 1.165) is 26.2 Å². The van der Waals surface area contributed by atoms with Crippen LogP contribution < -0.4 is 10.1 Å². The van der Waals surface area contributed by atoms with Crippen molar-refractivity contribution in [2.45, 2.75) is 11.4 Å². The second-order valence-electron chi connectivity index (χ2n) is 9.26. The highest BCUT2D eigenvalue weighted by Crippen LogP contribution is 2.41. The molecule has 2 aliphatic rings. The molecule has 0 unspecified atom stereocenters. The number of allylic oxidation sites excluding steroid dienone is 1. The number of benzene rings is 3. The molecule has 38 heavy (non-hydrogen) atoms. The summed E-state index contributed by atoms with van der Waals surface area (Å²) in [5.74, 6) is 0.164. The molecule has 3 aromatic carbocycles. The highest BCUT2D eigenvalue weighted by atomic mass is 35.5. The summed E-state index contributed by atoms with van der Waals surface area (Å²) >= 11 is 5.95.